The number of halogens is 1. The molecule has 1 amide bonds. The number of aryl methyl sites for hydroxylation is 1. The standard InChI is InChI=1S/C13H19ClN4O2/c1-8-16-11(14)9(7-19)12(17-8)15-6-5-10(20)18-13(2,3)4/h7H,5-6H2,1-4H3,(H,18,20)(H,15,16,17). The van der Waals surface area contributed by atoms with Gasteiger partial charge >= 0.3 is 0 Å². The first-order valence-electron chi connectivity index (χ1n) is 6.27. The number of rotatable bonds is 5. The van der Waals surface area contributed by atoms with Crippen LogP contribution in [-0.2, 0) is 4.79 Å². The topological polar surface area (TPSA) is 84.0 Å². The zero-order chi connectivity index (χ0) is 15.3. The third-order valence-corrected chi connectivity index (χ3v) is 2.58. The molecule has 0 spiro atoms. The molecule has 0 fully saturated rings. The quantitative estimate of drug-likeness (QED) is 0.641. The molecule has 1 aromatic rings. The second-order valence-electron chi connectivity index (χ2n) is 5.42. The van der Waals surface area contributed by atoms with Crippen molar-refractivity contribution in [3.05, 3.63) is 16.5 Å². The fraction of sp³-hybridized carbons (Fsp3) is 0.538. The van der Waals surface area contributed by atoms with Gasteiger partial charge in [-0.1, -0.05) is 11.6 Å². The highest BCUT2D eigenvalue weighted by atomic mass is 35.5. The summed E-state index contributed by atoms with van der Waals surface area (Å²) < 4.78 is 0. The van der Waals surface area contributed by atoms with Gasteiger partial charge in [0, 0.05) is 18.5 Å². The van der Waals surface area contributed by atoms with E-state index in [0.717, 1.165) is 0 Å². The van der Waals surface area contributed by atoms with E-state index in [9.17, 15) is 9.59 Å². The number of aldehydes is 1. The monoisotopic (exact) mass is 298 g/mol. The SMILES string of the molecule is Cc1nc(Cl)c(C=O)c(NCCC(=O)NC(C)(C)C)n1. The Morgan fingerprint density at radius 1 is 1.35 bits per heavy atom. The lowest BCUT2D eigenvalue weighted by Gasteiger charge is -2.20. The zero-order valence-electron chi connectivity index (χ0n) is 12.1. The number of anilines is 1. The maximum Gasteiger partial charge on any atom is 0.222 e. The van der Waals surface area contributed by atoms with Crippen LogP contribution in [0.3, 0.4) is 0 Å². The molecule has 0 atom stereocenters. The lowest BCUT2D eigenvalue weighted by molar-refractivity contribution is -0.122. The van der Waals surface area contributed by atoms with Gasteiger partial charge in [0.05, 0.1) is 5.56 Å². The van der Waals surface area contributed by atoms with Gasteiger partial charge in [0.15, 0.2) is 6.29 Å². The van der Waals surface area contributed by atoms with Crippen molar-refractivity contribution >= 4 is 29.6 Å². The van der Waals surface area contributed by atoms with Crippen molar-refractivity contribution in [1.82, 2.24) is 15.3 Å². The molecule has 0 saturated heterocycles. The Balaban J connectivity index is 2.63. The molecule has 0 aliphatic heterocycles. The molecular formula is C13H19ClN4O2. The van der Waals surface area contributed by atoms with E-state index in [1.54, 1.807) is 6.92 Å². The fourth-order valence-electron chi connectivity index (χ4n) is 1.56. The van der Waals surface area contributed by atoms with Crippen LogP contribution in [-0.4, -0.2) is 34.2 Å². The highest BCUT2D eigenvalue weighted by molar-refractivity contribution is 6.32. The first-order chi connectivity index (χ1) is 9.23. The van der Waals surface area contributed by atoms with E-state index in [2.05, 4.69) is 20.6 Å². The Hall–Kier alpha value is -1.69. The van der Waals surface area contributed by atoms with Gasteiger partial charge in [-0.2, -0.15) is 0 Å². The number of carbonyl (C=O) groups is 2. The normalized spacial score (nSPS) is 11.1. The molecule has 1 heterocycles. The second kappa shape index (κ2) is 6.65. The molecule has 1 aromatic heterocycles. The van der Waals surface area contributed by atoms with E-state index in [1.807, 2.05) is 20.8 Å². The van der Waals surface area contributed by atoms with Crippen molar-refractivity contribution in [3.63, 3.8) is 0 Å². The van der Waals surface area contributed by atoms with Crippen molar-refractivity contribution in [3.8, 4) is 0 Å². The van der Waals surface area contributed by atoms with Crippen LogP contribution in [0.2, 0.25) is 5.15 Å². The average molecular weight is 299 g/mol. The smallest absolute Gasteiger partial charge is 0.222 e. The summed E-state index contributed by atoms with van der Waals surface area (Å²) >= 11 is 5.86. The van der Waals surface area contributed by atoms with Crippen molar-refractivity contribution in [1.29, 1.82) is 0 Å². The number of amides is 1. The van der Waals surface area contributed by atoms with Crippen molar-refractivity contribution < 1.29 is 9.59 Å². The Morgan fingerprint density at radius 3 is 2.55 bits per heavy atom. The van der Waals surface area contributed by atoms with E-state index in [0.29, 0.717) is 24.5 Å². The Labute approximate surface area is 123 Å². The van der Waals surface area contributed by atoms with Gasteiger partial charge in [-0.3, -0.25) is 9.59 Å². The van der Waals surface area contributed by atoms with Crippen LogP contribution in [0.1, 0.15) is 43.4 Å². The predicted molar refractivity (Wildman–Crippen MR) is 78.2 cm³/mol. The molecule has 1 rings (SSSR count). The van der Waals surface area contributed by atoms with E-state index < -0.39 is 0 Å². The van der Waals surface area contributed by atoms with Crippen LogP contribution in [0.4, 0.5) is 5.82 Å². The summed E-state index contributed by atoms with van der Waals surface area (Å²) in [6.45, 7) is 7.77. The van der Waals surface area contributed by atoms with Crippen LogP contribution in [0.15, 0.2) is 0 Å². The van der Waals surface area contributed by atoms with Crippen molar-refractivity contribution in [2.75, 3.05) is 11.9 Å². The molecule has 0 aliphatic carbocycles. The predicted octanol–water partition coefficient (Wildman–Crippen LogP) is 1.97. The van der Waals surface area contributed by atoms with Gasteiger partial charge in [-0.15, -0.1) is 0 Å². The molecule has 20 heavy (non-hydrogen) atoms. The number of nitrogens with one attached hydrogen (secondary N) is 2. The first-order valence-corrected chi connectivity index (χ1v) is 6.65. The molecule has 0 aliphatic rings. The highest BCUT2D eigenvalue weighted by Gasteiger charge is 2.14. The minimum atomic E-state index is -0.264. The number of aromatic nitrogens is 2. The van der Waals surface area contributed by atoms with Crippen molar-refractivity contribution in [2.24, 2.45) is 0 Å². The molecule has 7 heteroatoms. The maximum absolute atomic E-state index is 11.7. The Bertz CT molecular complexity index is 512. The van der Waals surface area contributed by atoms with Crippen molar-refractivity contribution in [2.45, 2.75) is 39.7 Å². The van der Waals surface area contributed by atoms with Gasteiger partial charge in [0.1, 0.15) is 16.8 Å². The minimum absolute atomic E-state index is 0.0745. The fourth-order valence-corrected chi connectivity index (χ4v) is 1.82. The van der Waals surface area contributed by atoms with Gasteiger partial charge in [0.25, 0.3) is 0 Å². The van der Waals surface area contributed by atoms with E-state index in [-0.39, 0.29) is 28.6 Å². The molecule has 6 nitrogen and oxygen atoms in total. The highest BCUT2D eigenvalue weighted by Crippen LogP contribution is 2.18. The second-order valence-corrected chi connectivity index (χ2v) is 5.77. The molecule has 0 bridgehead atoms. The summed E-state index contributed by atoms with van der Waals surface area (Å²) in [7, 11) is 0. The lowest BCUT2D eigenvalue weighted by Crippen LogP contribution is -2.41. The molecular weight excluding hydrogens is 280 g/mol. The summed E-state index contributed by atoms with van der Waals surface area (Å²) in [5, 5.41) is 5.89. The van der Waals surface area contributed by atoms with E-state index >= 15 is 0 Å². The largest absolute Gasteiger partial charge is 0.369 e. The van der Waals surface area contributed by atoms with Gasteiger partial charge in [-0.05, 0) is 27.7 Å². The molecule has 2 N–H and O–H groups in total. The minimum Gasteiger partial charge on any atom is -0.369 e. The molecule has 110 valence electrons. The number of carbonyl (C=O) groups excluding carboxylic acids is 2. The van der Waals surface area contributed by atoms with Crippen LogP contribution >= 0.6 is 11.6 Å². The molecule has 0 radical (unpaired) electrons. The van der Waals surface area contributed by atoms with Crippen LogP contribution in [0.25, 0.3) is 0 Å². The molecule has 0 saturated carbocycles. The maximum atomic E-state index is 11.7. The Kier molecular flexibility index (Phi) is 5.44. The van der Waals surface area contributed by atoms with Gasteiger partial charge < -0.3 is 10.6 Å². The van der Waals surface area contributed by atoms with Crippen LogP contribution < -0.4 is 10.6 Å². The third kappa shape index (κ3) is 5.13. The number of nitrogens with zero attached hydrogens (tertiary/aromatic N) is 2. The van der Waals surface area contributed by atoms with Crippen LogP contribution in [0, 0.1) is 6.92 Å². The van der Waals surface area contributed by atoms with E-state index in [4.69, 9.17) is 11.6 Å². The van der Waals surface area contributed by atoms with E-state index in [1.165, 1.54) is 0 Å². The summed E-state index contributed by atoms with van der Waals surface area (Å²) in [6, 6.07) is 0. The van der Waals surface area contributed by atoms with Gasteiger partial charge in [-0.25, -0.2) is 9.97 Å². The lowest BCUT2D eigenvalue weighted by atomic mass is 10.1. The number of hydrogen-bond donors (Lipinski definition) is 2. The summed E-state index contributed by atoms with van der Waals surface area (Å²) in [6.07, 6.45) is 0.871. The van der Waals surface area contributed by atoms with Gasteiger partial charge in [0.2, 0.25) is 5.91 Å². The third-order valence-electron chi connectivity index (χ3n) is 2.29. The zero-order valence-corrected chi connectivity index (χ0v) is 12.8. The number of hydrogen-bond acceptors (Lipinski definition) is 5. The summed E-state index contributed by atoms with van der Waals surface area (Å²) in [5.41, 5.74) is -0.0617. The molecule has 0 unspecified atom stereocenters. The summed E-state index contributed by atoms with van der Waals surface area (Å²) in [4.78, 5) is 30.6. The Morgan fingerprint density at radius 2 is 2.00 bits per heavy atom. The molecule has 0 aromatic carbocycles. The van der Waals surface area contributed by atoms with Crippen LogP contribution in [0.5, 0.6) is 0 Å². The average Bonchev–Trinajstić information content (AvgIpc) is 2.25. The first kappa shape index (κ1) is 16.4. The summed E-state index contributed by atoms with van der Waals surface area (Å²) in [5.74, 6) is 0.734.